The highest BCUT2D eigenvalue weighted by atomic mass is 19.4. The molecule has 176 valence electrons. The van der Waals surface area contributed by atoms with Crippen LogP contribution in [0, 0.1) is 0 Å². The second-order valence-corrected chi connectivity index (χ2v) is 8.04. The highest BCUT2D eigenvalue weighted by Crippen LogP contribution is 2.29. The molecule has 1 N–H and O–H groups in total. The molecule has 0 radical (unpaired) electrons. The number of carbonyl (C=O) groups is 1. The fourth-order valence-electron chi connectivity index (χ4n) is 3.60. The molecule has 0 aliphatic heterocycles. The van der Waals surface area contributed by atoms with E-state index < -0.39 is 11.7 Å². The maximum atomic E-state index is 12.9. The van der Waals surface area contributed by atoms with Gasteiger partial charge in [-0.3, -0.25) is 4.79 Å². The summed E-state index contributed by atoms with van der Waals surface area (Å²) >= 11 is 0. The number of benzene rings is 1. The summed E-state index contributed by atoms with van der Waals surface area (Å²) in [5.74, 6) is -0.190. The van der Waals surface area contributed by atoms with Gasteiger partial charge in [0.2, 0.25) is 0 Å². The molecule has 0 atom stereocenters. The maximum absolute atomic E-state index is 12.9. The Bertz CT molecular complexity index is 1240. The Morgan fingerprint density at radius 2 is 1.82 bits per heavy atom. The van der Waals surface area contributed by atoms with Crippen molar-refractivity contribution in [1.29, 1.82) is 0 Å². The lowest BCUT2D eigenvalue weighted by Gasteiger charge is -2.13. The first-order valence-corrected chi connectivity index (χ1v) is 10.7. The fourth-order valence-corrected chi connectivity index (χ4v) is 3.60. The number of pyridine rings is 1. The standard InChI is InChI=1S/C24H23F3N6O/c1-16(2)22-20(15-31-33(22)21-9-6-18(14-29-21)24(25,26)27)23(34)28-12-10-17-4-7-19(8-5-17)32-13-3-11-30-32/h3-9,11,13-16H,10,12H2,1-2H3,(H,28,34). The van der Waals surface area contributed by atoms with Gasteiger partial charge in [0.15, 0.2) is 5.82 Å². The number of amides is 1. The molecule has 0 fully saturated rings. The number of nitrogens with one attached hydrogen (secondary N) is 1. The van der Waals surface area contributed by atoms with Crippen molar-refractivity contribution in [3.05, 3.63) is 89.6 Å². The summed E-state index contributed by atoms with van der Waals surface area (Å²) in [5.41, 5.74) is 2.11. The van der Waals surface area contributed by atoms with Gasteiger partial charge in [-0.05, 0) is 48.2 Å². The van der Waals surface area contributed by atoms with E-state index in [0.717, 1.165) is 23.5 Å². The largest absolute Gasteiger partial charge is 0.417 e. The summed E-state index contributed by atoms with van der Waals surface area (Å²) in [6, 6.07) is 11.9. The van der Waals surface area contributed by atoms with Crippen molar-refractivity contribution in [3.8, 4) is 11.5 Å². The Hall–Kier alpha value is -3.95. The molecule has 7 nitrogen and oxygen atoms in total. The lowest BCUT2D eigenvalue weighted by Crippen LogP contribution is -2.26. The minimum atomic E-state index is -4.47. The van der Waals surface area contributed by atoms with Crippen LogP contribution in [0.25, 0.3) is 11.5 Å². The molecule has 3 heterocycles. The zero-order chi connectivity index (χ0) is 24.3. The SMILES string of the molecule is CC(C)c1c(C(=O)NCCc2ccc(-n3cccn3)cc2)cnn1-c1ccc(C(F)(F)F)cn1. The first-order valence-electron chi connectivity index (χ1n) is 10.7. The summed E-state index contributed by atoms with van der Waals surface area (Å²) in [6.45, 7) is 4.19. The van der Waals surface area contributed by atoms with Crippen LogP contribution in [0.2, 0.25) is 0 Å². The van der Waals surface area contributed by atoms with Gasteiger partial charge in [-0.1, -0.05) is 26.0 Å². The quantitative estimate of drug-likeness (QED) is 0.431. The predicted octanol–water partition coefficient (Wildman–Crippen LogP) is 4.57. The van der Waals surface area contributed by atoms with E-state index in [1.165, 1.54) is 16.9 Å². The van der Waals surface area contributed by atoms with E-state index in [0.29, 0.717) is 24.2 Å². The van der Waals surface area contributed by atoms with Gasteiger partial charge in [-0.2, -0.15) is 23.4 Å². The van der Waals surface area contributed by atoms with E-state index in [-0.39, 0.29) is 17.6 Å². The molecule has 0 aliphatic rings. The highest BCUT2D eigenvalue weighted by Gasteiger charge is 2.31. The second kappa shape index (κ2) is 9.50. The molecule has 1 amide bonds. The molecule has 4 rings (SSSR count). The van der Waals surface area contributed by atoms with Crippen molar-refractivity contribution in [2.75, 3.05) is 6.54 Å². The van der Waals surface area contributed by atoms with Crippen LogP contribution < -0.4 is 5.32 Å². The maximum Gasteiger partial charge on any atom is 0.417 e. The van der Waals surface area contributed by atoms with Crippen LogP contribution in [-0.4, -0.2) is 37.0 Å². The number of rotatable bonds is 7. The number of aromatic nitrogens is 5. The molecule has 0 saturated heterocycles. The summed E-state index contributed by atoms with van der Waals surface area (Å²) in [7, 11) is 0. The van der Waals surface area contributed by atoms with E-state index in [2.05, 4.69) is 20.5 Å². The lowest BCUT2D eigenvalue weighted by molar-refractivity contribution is -0.137. The van der Waals surface area contributed by atoms with Gasteiger partial charge < -0.3 is 5.32 Å². The van der Waals surface area contributed by atoms with Crippen LogP contribution >= 0.6 is 0 Å². The Morgan fingerprint density at radius 3 is 2.41 bits per heavy atom. The molecule has 0 spiro atoms. The highest BCUT2D eigenvalue weighted by molar-refractivity contribution is 5.95. The first kappa shape index (κ1) is 23.2. The minimum Gasteiger partial charge on any atom is -0.352 e. The summed E-state index contributed by atoms with van der Waals surface area (Å²) in [4.78, 5) is 16.8. The fraction of sp³-hybridized carbons (Fsp3) is 0.250. The van der Waals surface area contributed by atoms with Crippen molar-refractivity contribution >= 4 is 5.91 Å². The van der Waals surface area contributed by atoms with Gasteiger partial charge in [0, 0.05) is 25.1 Å². The molecule has 0 saturated carbocycles. The first-order chi connectivity index (χ1) is 16.2. The van der Waals surface area contributed by atoms with Gasteiger partial charge in [0.25, 0.3) is 5.91 Å². The molecule has 34 heavy (non-hydrogen) atoms. The Morgan fingerprint density at radius 1 is 1.06 bits per heavy atom. The molecule has 0 unspecified atom stereocenters. The third-order valence-electron chi connectivity index (χ3n) is 5.29. The van der Waals surface area contributed by atoms with Crippen molar-refractivity contribution < 1.29 is 18.0 Å². The minimum absolute atomic E-state index is 0.109. The number of nitrogens with zero attached hydrogens (tertiary/aromatic N) is 5. The number of carbonyl (C=O) groups excluding carboxylic acids is 1. The topological polar surface area (TPSA) is 77.6 Å². The Balaban J connectivity index is 1.43. The average molecular weight is 468 g/mol. The van der Waals surface area contributed by atoms with Crippen molar-refractivity contribution in [2.45, 2.75) is 32.4 Å². The third-order valence-corrected chi connectivity index (χ3v) is 5.29. The third kappa shape index (κ3) is 5.00. The van der Waals surface area contributed by atoms with E-state index >= 15 is 0 Å². The van der Waals surface area contributed by atoms with Crippen LogP contribution in [0.15, 0.2) is 67.3 Å². The molecule has 1 aromatic carbocycles. The van der Waals surface area contributed by atoms with Gasteiger partial charge in [-0.25, -0.2) is 14.3 Å². The van der Waals surface area contributed by atoms with Gasteiger partial charge in [-0.15, -0.1) is 0 Å². The molecule has 3 aromatic heterocycles. The summed E-state index contributed by atoms with van der Waals surface area (Å²) in [5, 5.41) is 11.3. The molecular formula is C24H23F3N6O. The van der Waals surface area contributed by atoms with Gasteiger partial charge >= 0.3 is 6.18 Å². The Kier molecular flexibility index (Phi) is 6.49. The van der Waals surface area contributed by atoms with Gasteiger partial charge in [0.1, 0.15) is 0 Å². The van der Waals surface area contributed by atoms with Crippen LogP contribution in [0.4, 0.5) is 13.2 Å². The van der Waals surface area contributed by atoms with Crippen LogP contribution in [0.3, 0.4) is 0 Å². The van der Waals surface area contributed by atoms with Crippen molar-refractivity contribution in [2.24, 2.45) is 0 Å². The molecular weight excluding hydrogens is 445 g/mol. The summed E-state index contributed by atoms with van der Waals surface area (Å²) < 4.78 is 41.7. The van der Waals surface area contributed by atoms with E-state index in [1.807, 2.05) is 50.4 Å². The van der Waals surface area contributed by atoms with Crippen LogP contribution in [-0.2, 0) is 12.6 Å². The predicted molar refractivity (Wildman–Crippen MR) is 120 cm³/mol. The number of alkyl halides is 3. The monoisotopic (exact) mass is 468 g/mol. The smallest absolute Gasteiger partial charge is 0.352 e. The zero-order valence-corrected chi connectivity index (χ0v) is 18.6. The van der Waals surface area contributed by atoms with Crippen LogP contribution in [0.5, 0.6) is 0 Å². The van der Waals surface area contributed by atoms with Crippen LogP contribution in [0.1, 0.15) is 46.9 Å². The molecule has 10 heteroatoms. The number of halogens is 3. The molecule has 0 aliphatic carbocycles. The van der Waals surface area contributed by atoms with Gasteiger partial charge in [0.05, 0.1) is 28.7 Å². The normalized spacial score (nSPS) is 11.7. The zero-order valence-electron chi connectivity index (χ0n) is 18.6. The van der Waals surface area contributed by atoms with E-state index in [9.17, 15) is 18.0 Å². The summed E-state index contributed by atoms with van der Waals surface area (Å²) in [6.07, 6.45) is 1.92. The average Bonchev–Trinajstić information content (AvgIpc) is 3.49. The van der Waals surface area contributed by atoms with E-state index in [1.54, 1.807) is 10.9 Å². The second-order valence-electron chi connectivity index (χ2n) is 8.04. The number of hydrogen-bond acceptors (Lipinski definition) is 4. The molecule has 4 aromatic rings. The Labute approximate surface area is 194 Å². The van der Waals surface area contributed by atoms with Crippen molar-refractivity contribution in [1.82, 2.24) is 29.9 Å². The lowest BCUT2D eigenvalue weighted by atomic mass is 10.1. The number of hydrogen-bond donors (Lipinski definition) is 1. The van der Waals surface area contributed by atoms with E-state index in [4.69, 9.17) is 0 Å². The van der Waals surface area contributed by atoms with Crippen molar-refractivity contribution in [3.63, 3.8) is 0 Å². The molecule has 0 bridgehead atoms.